The largest absolute Gasteiger partial charge is 0.490 e. The fourth-order valence-electron chi connectivity index (χ4n) is 2.07. The first-order valence-electron chi connectivity index (χ1n) is 7.52. The Hall–Kier alpha value is -3.56. The number of carbonyl (C=O) groups is 2. The number of nitrogens with one attached hydrogen (secondary N) is 1. The molecule has 0 saturated heterocycles. The number of halogens is 2. The minimum Gasteiger partial charge on any atom is -0.490 e. The first-order valence-corrected chi connectivity index (χ1v) is 7.52. The Balaban J connectivity index is 2.09. The first kappa shape index (κ1) is 19.8. The van der Waals surface area contributed by atoms with Crippen LogP contribution in [0, 0.1) is 21.7 Å². The smallest absolute Gasteiger partial charge is 0.339 e. The number of nitro benzene ring substituents is 1. The normalized spacial score (nSPS) is 11.4. The lowest BCUT2D eigenvalue weighted by atomic mass is 10.2. The van der Waals surface area contributed by atoms with E-state index in [1.165, 1.54) is 26.2 Å². The predicted molar refractivity (Wildman–Crippen MR) is 89.5 cm³/mol. The molecule has 0 heterocycles. The van der Waals surface area contributed by atoms with Gasteiger partial charge in [0, 0.05) is 12.1 Å². The van der Waals surface area contributed by atoms with E-state index >= 15 is 0 Å². The lowest BCUT2D eigenvalue weighted by Crippen LogP contribution is -2.30. The standard InChI is InChI=1S/C17H14F2N2O6/c1-9(16(22)20-13-5-4-11(18)8-12(13)19)27-17(23)10-3-6-15(26-2)14(7-10)21(24)25/h3-9H,1-2H3,(H,20,22). The van der Waals surface area contributed by atoms with Crippen molar-refractivity contribution in [3.63, 3.8) is 0 Å². The lowest BCUT2D eigenvalue weighted by molar-refractivity contribution is -0.385. The number of anilines is 1. The molecule has 10 heteroatoms. The fraction of sp³-hybridized carbons (Fsp3) is 0.176. The summed E-state index contributed by atoms with van der Waals surface area (Å²) in [5.41, 5.74) is -0.906. The molecule has 2 aromatic rings. The van der Waals surface area contributed by atoms with Crippen LogP contribution in [0.5, 0.6) is 5.75 Å². The number of hydrogen-bond acceptors (Lipinski definition) is 6. The van der Waals surface area contributed by atoms with E-state index in [1.54, 1.807) is 0 Å². The van der Waals surface area contributed by atoms with Gasteiger partial charge in [-0.15, -0.1) is 0 Å². The molecule has 0 radical (unpaired) electrons. The summed E-state index contributed by atoms with van der Waals surface area (Å²) in [6.07, 6.45) is -1.34. The van der Waals surface area contributed by atoms with Crippen molar-refractivity contribution in [2.45, 2.75) is 13.0 Å². The number of methoxy groups -OCH3 is 1. The number of benzene rings is 2. The molecule has 142 valence electrons. The Morgan fingerprint density at radius 3 is 2.48 bits per heavy atom. The molecule has 0 fully saturated rings. The van der Waals surface area contributed by atoms with Gasteiger partial charge in [-0.25, -0.2) is 13.6 Å². The fourth-order valence-corrected chi connectivity index (χ4v) is 2.07. The second-order valence-corrected chi connectivity index (χ2v) is 5.30. The zero-order valence-electron chi connectivity index (χ0n) is 14.2. The molecule has 1 N–H and O–H groups in total. The van der Waals surface area contributed by atoms with Crippen LogP contribution in [0.1, 0.15) is 17.3 Å². The van der Waals surface area contributed by atoms with Crippen LogP contribution in [0.15, 0.2) is 36.4 Å². The SMILES string of the molecule is COc1ccc(C(=O)OC(C)C(=O)Nc2ccc(F)cc2F)cc1[N+](=O)[O-]. The van der Waals surface area contributed by atoms with Gasteiger partial charge < -0.3 is 14.8 Å². The van der Waals surface area contributed by atoms with Gasteiger partial charge in [-0.3, -0.25) is 14.9 Å². The van der Waals surface area contributed by atoms with E-state index < -0.39 is 40.2 Å². The molecule has 0 bridgehead atoms. The highest BCUT2D eigenvalue weighted by Crippen LogP contribution is 2.28. The van der Waals surface area contributed by atoms with Crippen LogP contribution >= 0.6 is 0 Å². The van der Waals surface area contributed by atoms with Gasteiger partial charge in [-0.1, -0.05) is 0 Å². The van der Waals surface area contributed by atoms with Gasteiger partial charge >= 0.3 is 11.7 Å². The topological polar surface area (TPSA) is 108 Å². The molecule has 1 amide bonds. The molecular weight excluding hydrogens is 366 g/mol. The maximum atomic E-state index is 13.6. The van der Waals surface area contributed by atoms with E-state index in [1.807, 2.05) is 0 Å². The molecule has 0 saturated carbocycles. The molecule has 8 nitrogen and oxygen atoms in total. The van der Waals surface area contributed by atoms with Crippen LogP contribution in [-0.2, 0) is 9.53 Å². The molecule has 1 atom stereocenters. The third-order valence-corrected chi connectivity index (χ3v) is 3.45. The van der Waals surface area contributed by atoms with Crippen LogP contribution in [0.2, 0.25) is 0 Å². The van der Waals surface area contributed by atoms with Gasteiger partial charge in [0.15, 0.2) is 11.9 Å². The van der Waals surface area contributed by atoms with Gasteiger partial charge in [0.05, 0.1) is 23.3 Å². The van der Waals surface area contributed by atoms with E-state index in [-0.39, 0.29) is 17.0 Å². The Labute approximate surface area is 151 Å². The Morgan fingerprint density at radius 1 is 1.19 bits per heavy atom. The number of nitrogens with zero attached hydrogens (tertiary/aromatic N) is 1. The van der Waals surface area contributed by atoms with Crippen molar-refractivity contribution in [1.29, 1.82) is 0 Å². The summed E-state index contributed by atoms with van der Waals surface area (Å²) in [5.74, 6) is -3.72. The maximum absolute atomic E-state index is 13.6. The van der Waals surface area contributed by atoms with Crippen molar-refractivity contribution in [2.75, 3.05) is 12.4 Å². The summed E-state index contributed by atoms with van der Waals surface area (Å²) < 4.78 is 36.2. The Bertz CT molecular complexity index is 903. The number of esters is 1. The highest BCUT2D eigenvalue weighted by atomic mass is 19.1. The molecule has 0 aliphatic carbocycles. The summed E-state index contributed by atoms with van der Waals surface area (Å²) in [6.45, 7) is 1.23. The van der Waals surface area contributed by atoms with E-state index in [2.05, 4.69) is 5.32 Å². The minimum atomic E-state index is -1.34. The highest BCUT2D eigenvalue weighted by molar-refractivity contribution is 5.97. The second-order valence-electron chi connectivity index (χ2n) is 5.30. The van der Waals surface area contributed by atoms with Crippen molar-refractivity contribution in [3.05, 3.63) is 63.7 Å². The van der Waals surface area contributed by atoms with E-state index in [0.29, 0.717) is 6.07 Å². The van der Waals surface area contributed by atoms with Crippen LogP contribution in [-0.4, -0.2) is 30.0 Å². The van der Waals surface area contributed by atoms with Crippen LogP contribution < -0.4 is 10.1 Å². The molecule has 1 unspecified atom stereocenters. The second kappa shape index (κ2) is 8.21. The molecular formula is C17H14F2N2O6. The van der Waals surface area contributed by atoms with Gasteiger partial charge in [0.25, 0.3) is 5.91 Å². The molecule has 0 aliphatic rings. The molecule has 2 aromatic carbocycles. The van der Waals surface area contributed by atoms with Crippen molar-refractivity contribution >= 4 is 23.3 Å². The van der Waals surface area contributed by atoms with Gasteiger partial charge in [-0.05, 0) is 31.2 Å². The number of rotatable bonds is 6. The molecule has 0 aliphatic heterocycles. The highest BCUT2D eigenvalue weighted by Gasteiger charge is 2.23. The lowest BCUT2D eigenvalue weighted by Gasteiger charge is -2.14. The van der Waals surface area contributed by atoms with E-state index in [4.69, 9.17) is 9.47 Å². The number of amides is 1. The summed E-state index contributed by atoms with van der Waals surface area (Å²) >= 11 is 0. The molecule has 0 aromatic heterocycles. The van der Waals surface area contributed by atoms with Gasteiger partial charge in [-0.2, -0.15) is 0 Å². The maximum Gasteiger partial charge on any atom is 0.339 e. The quantitative estimate of drug-likeness (QED) is 0.469. The summed E-state index contributed by atoms with van der Waals surface area (Å²) in [6, 6.07) is 5.95. The number of carbonyl (C=O) groups excluding carboxylic acids is 2. The third-order valence-electron chi connectivity index (χ3n) is 3.45. The summed E-state index contributed by atoms with van der Waals surface area (Å²) in [7, 11) is 1.24. The zero-order chi connectivity index (χ0) is 20.1. The molecule has 27 heavy (non-hydrogen) atoms. The van der Waals surface area contributed by atoms with E-state index in [0.717, 1.165) is 18.2 Å². The van der Waals surface area contributed by atoms with Crippen molar-refractivity contribution < 1.29 is 32.8 Å². The van der Waals surface area contributed by atoms with Crippen LogP contribution in [0.4, 0.5) is 20.2 Å². The van der Waals surface area contributed by atoms with Gasteiger partial charge in [0.2, 0.25) is 0 Å². The number of nitro groups is 1. The zero-order valence-corrected chi connectivity index (χ0v) is 14.2. The van der Waals surface area contributed by atoms with Crippen LogP contribution in [0.3, 0.4) is 0 Å². The average Bonchev–Trinajstić information content (AvgIpc) is 2.63. The van der Waals surface area contributed by atoms with Crippen LogP contribution in [0.25, 0.3) is 0 Å². The summed E-state index contributed by atoms with van der Waals surface area (Å²) in [4.78, 5) is 34.4. The third kappa shape index (κ3) is 4.75. The minimum absolute atomic E-state index is 0.0471. The number of ether oxygens (including phenoxy) is 2. The van der Waals surface area contributed by atoms with Crippen molar-refractivity contribution in [2.24, 2.45) is 0 Å². The number of hydrogen-bond donors (Lipinski definition) is 1. The summed E-state index contributed by atoms with van der Waals surface area (Å²) in [5, 5.41) is 13.1. The Kier molecular flexibility index (Phi) is 6.01. The monoisotopic (exact) mass is 380 g/mol. The van der Waals surface area contributed by atoms with E-state index in [9.17, 15) is 28.5 Å². The molecule has 0 spiro atoms. The Morgan fingerprint density at radius 2 is 1.89 bits per heavy atom. The predicted octanol–water partition coefficient (Wildman–Crippen LogP) is 3.07. The van der Waals surface area contributed by atoms with Gasteiger partial charge in [0.1, 0.15) is 11.6 Å². The molecule has 2 rings (SSSR count). The first-order chi connectivity index (χ1) is 12.7. The van der Waals surface area contributed by atoms with Crippen molar-refractivity contribution in [1.82, 2.24) is 0 Å². The van der Waals surface area contributed by atoms with Crippen molar-refractivity contribution in [3.8, 4) is 5.75 Å². The average molecular weight is 380 g/mol.